The predicted octanol–water partition coefficient (Wildman–Crippen LogP) is 4.23. The molecule has 4 amide bonds. The smallest absolute Gasteiger partial charge is 0.388 e. The van der Waals surface area contributed by atoms with Gasteiger partial charge in [-0.15, -0.1) is 11.6 Å². The molecule has 0 bridgehead atoms. The van der Waals surface area contributed by atoms with Gasteiger partial charge in [-0.1, -0.05) is 13.0 Å². The van der Waals surface area contributed by atoms with E-state index < -0.39 is 35.4 Å². The summed E-state index contributed by atoms with van der Waals surface area (Å²) in [5, 5.41) is 16.4. The molecule has 4 aromatic rings. The Balaban J connectivity index is 1.49. The molecule has 0 aliphatic rings. The van der Waals surface area contributed by atoms with E-state index in [0.29, 0.717) is 5.69 Å². The van der Waals surface area contributed by atoms with Crippen LogP contribution in [0.2, 0.25) is 0 Å². The van der Waals surface area contributed by atoms with E-state index in [2.05, 4.69) is 21.4 Å². The number of nitrogens with two attached hydrogens (primary N) is 1. The maximum absolute atomic E-state index is 13.7. The number of hydrazine groups is 1. The van der Waals surface area contributed by atoms with Crippen molar-refractivity contribution in [3.05, 3.63) is 88.8 Å². The first-order valence-electron chi connectivity index (χ1n) is 15.6. The van der Waals surface area contributed by atoms with Gasteiger partial charge >= 0.3 is 6.18 Å². The third kappa shape index (κ3) is 9.17. The minimum Gasteiger partial charge on any atom is -0.388 e. The van der Waals surface area contributed by atoms with Crippen molar-refractivity contribution in [1.82, 2.24) is 24.4 Å². The summed E-state index contributed by atoms with van der Waals surface area (Å²) in [6.45, 7) is 1.87. The molecule has 4 rings (SSSR count). The number of anilines is 3. The summed E-state index contributed by atoms with van der Waals surface area (Å²) in [4.78, 5) is 52.6. The highest BCUT2D eigenvalue weighted by Gasteiger charge is 2.34. The summed E-state index contributed by atoms with van der Waals surface area (Å²) in [7, 11) is 4.80. The van der Waals surface area contributed by atoms with Crippen LogP contribution in [0.5, 0.6) is 0 Å². The highest BCUT2D eigenvalue weighted by Crippen LogP contribution is 2.33. The molecule has 0 aliphatic carbocycles. The van der Waals surface area contributed by atoms with E-state index in [-0.39, 0.29) is 77.2 Å². The highest BCUT2D eigenvalue weighted by atomic mass is 35.5. The Labute approximate surface area is 296 Å². The lowest BCUT2D eigenvalue weighted by molar-refractivity contribution is -0.138. The van der Waals surface area contributed by atoms with Crippen molar-refractivity contribution in [3.8, 4) is 0 Å². The number of halogens is 4. The minimum atomic E-state index is -4.66. The van der Waals surface area contributed by atoms with Crippen LogP contribution in [0.15, 0.2) is 55.0 Å². The summed E-state index contributed by atoms with van der Waals surface area (Å²) in [6.07, 6.45) is 0.201. The lowest BCUT2D eigenvalue weighted by Gasteiger charge is -2.23. The standard InChI is InChI=1S/C33H38ClF3N10O4/c1-5-19-6-7-20(12-24(19)33(35,36)37)32(51)47(41-11-9-34)23-15-27(46(4)18-23)31(50)43-22-14-26(45(3)17-22)30(49)42-21-13-25(44(2)16-21)29(48)40-10-8-28(38)39/h6-7,12-18,41H,5,8-11H2,1-4H3,(H3,38,39)(H,40,48)(H,42,49)(H,43,50). The lowest BCUT2D eigenvalue weighted by Crippen LogP contribution is -2.44. The molecule has 3 heterocycles. The molecule has 51 heavy (non-hydrogen) atoms. The second kappa shape index (κ2) is 16.0. The number of rotatable bonds is 14. The number of amidine groups is 1. The summed E-state index contributed by atoms with van der Waals surface area (Å²) in [6, 6.07) is 7.72. The molecule has 0 saturated carbocycles. The zero-order valence-corrected chi connectivity index (χ0v) is 29.0. The molecular weight excluding hydrogens is 693 g/mol. The number of hydrogen-bond donors (Lipinski definition) is 6. The van der Waals surface area contributed by atoms with Crippen LogP contribution >= 0.6 is 11.6 Å². The Morgan fingerprint density at radius 1 is 0.843 bits per heavy atom. The van der Waals surface area contributed by atoms with Crippen molar-refractivity contribution in [3.63, 3.8) is 0 Å². The van der Waals surface area contributed by atoms with Crippen LogP contribution in [-0.4, -0.2) is 62.1 Å². The van der Waals surface area contributed by atoms with Crippen molar-refractivity contribution in [2.45, 2.75) is 25.9 Å². The monoisotopic (exact) mass is 730 g/mol. The highest BCUT2D eigenvalue weighted by molar-refractivity contribution is 6.18. The van der Waals surface area contributed by atoms with Crippen molar-refractivity contribution in [2.24, 2.45) is 26.9 Å². The van der Waals surface area contributed by atoms with E-state index in [1.807, 2.05) is 0 Å². The first-order valence-corrected chi connectivity index (χ1v) is 16.1. The molecular formula is C33H38ClF3N10O4. The fraction of sp³-hybridized carbons (Fsp3) is 0.303. The summed E-state index contributed by atoms with van der Waals surface area (Å²) in [5.74, 6) is -2.29. The van der Waals surface area contributed by atoms with Gasteiger partial charge in [0.15, 0.2) is 0 Å². The SMILES string of the molecule is CCc1ccc(C(=O)N(NCCCl)c2cc(C(=O)Nc3cc(C(=O)Nc4cc(C(=O)NCCC(=N)N)n(C)c4)n(C)c3)n(C)c2)cc1C(F)(F)F. The molecule has 0 spiro atoms. The molecule has 18 heteroatoms. The quantitative estimate of drug-likeness (QED) is 0.0488. The molecule has 0 aliphatic heterocycles. The third-order valence-corrected chi connectivity index (χ3v) is 7.95. The number of benzene rings is 1. The van der Waals surface area contributed by atoms with Crippen LogP contribution < -0.4 is 32.1 Å². The van der Waals surface area contributed by atoms with Gasteiger partial charge in [0, 0.05) is 70.7 Å². The second-order valence-corrected chi connectivity index (χ2v) is 11.9. The van der Waals surface area contributed by atoms with Crippen LogP contribution in [0.25, 0.3) is 0 Å². The zero-order chi connectivity index (χ0) is 37.6. The molecule has 0 fully saturated rings. The average molecular weight is 731 g/mol. The zero-order valence-electron chi connectivity index (χ0n) is 28.2. The van der Waals surface area contributed by atoms with E-state index in [1.54, 1.807) is 34.3 Å². The van der Waals surface area contributed by atoms with Gasteiger partial charge in [0.25, 0.3) is 23.6 Å². The van der Waals surface area contributed by atoms with E-state index >= 15 is 0 Å². The number of nitrogens with one attached hydrogen (secondary N) is 5. The predicted molar refractivity (Wildman–Crippen MR) is 187 cm³/mol. The van der Waals surface area contributed by atoms with Crippen molar-refractivity contribution in [2.75, 3.05) is 34.6 Å². The molecule has 14 nitrogen and oxygen atoms in total. The third-order valence-electron chi connectivity index (χ3n) is 7.76. The number of alkyl halides is 4. The fourth-order valence-corrected chi connectivity index (χ4v) is 5.33. The number of carbonyl (C=O) groups excluding carboxylic acids is 4. The van der Waals surface area contributed by atoms with Crippen LogP contribution in [0, 0.1) is 5.41 Å². The fourth-order valence-electron chi connectivity index (χ4n) is 5.25. The molecule has 7 N–H and O–H groups in total. The Hall–Kier alpha value is -5.55. The molecule has 0 saturated heterocycles. The summed E-state index contributed by atoms with van der Waals surface area (Å²) >= 11 is 5.84. The second-order valence-electron chi connectivity index (χ2n) is 11.5. The molecule has 0 unspecified atom stereocenters. The number of carbonyl (C=O) groups is 4. The first-order chi connectivity index (χ1) is 24.0. The van der Waals surface area contributed by atoms with Crippen molar-refractivity contribution in [1.29, 1.82) is 5.41 Å². The van der Waals surface area contributed by atoms with Crippen LogP contribution in [0.3, 0.4) is 0 Å². The van der Waals surface area contributed by atoms with Gasteiger partial charge < -0.3 is 35.4 Å². The van der Waals surface area contributed by atoms with Crippen LogP contribution in [-0.2, 0) is 33.7 Å². The van der Waals surface area contributed by atoms with E-state index in [4.69, 9.17) is 22.7 Å². The molecule has 272 valence electrons. The Morgan fingerprint density at radius 3 is 1.92 bits per heavy atom. The minimum absolute atomic E-state index is 0.0522. The number of hydrogen-bond acceptors (Lipinski definition) is 6. The maximum Gasteiger partial charge on any atom is 0.416 e. The van der Waals surface area contributed by atoms with E-state index in [1.165, 1.54) is 56.4 Å². The van der Waals surface area contributed by atoms with Crippen molar-refractivity contribution < 1.29 is 32.3 Å². The van der Waals surface area contributed by atoms with Gasteiger partial charge in [-0.05, 0) is 42.3 Å². The van der Waals surface area contributed by atoms with E-state index in [0.717, 1.165) is 11.1 Å². The van der Waals surface area contributed by atoms with Gasteiger partial charge in [-0.2, -0.15) is 13.2 Å². The maximum atomic E-state index is 13.7. The lowest BCUT2D eigenvalue weighted by atomic mass is 10.0. The van der Waals surface area contributed by atoms with Gasteiger partial charge in [-0.25, -0.2) is 10.4 Å². The number of aromatic nitrogens is 3. The topological polar surface area (TPSA) is 184 Å². The van der Waals surface area contributed by atoms with Crippen LogP contribution in [0.4, 0.5) is 30.2 Å². The molecule has 0 radical (unpaired) electrons. The Bertz CT molecular complexity index is 1960. The molecule has 0 atom stereocenters. The van der Waals surface area contributed by atoms with E-state index in [9.17, 15) is 32.3 Å². The largest absolute Gasteiger partial charge is 0.416 e. The van der Waals surface area contributed by atoms with Crippen molar-refractivity contribution >= 4 is 58.1 Å². The Kier molecular flexibility index (Phi) is 12.0. The summed E-state index contributed by atoms with van der Waals surface area (Å²) in [5.41, 5.74) is 8.41. The summed E-state index contributed by atoms with van der Waals surface area (Å²) < 4.78 is 45.7. The number of aryl methyl sites for hydroxylation is 4. The Morgan fingerprint density at radius 2 is 1.39 bits per heavy atom. The van der Waals surface area contributed by atoms with Gasteiger partial charge in [-0.3, -0.25) is 24.6 Å². The van der Waals surface area contributed by atoms with Gasteiger partial charge in [0.1, 0.15) is 17.1 Å². The average Bonchev–Trinajstić information content (AvgIpc) is 3.75. The van der Waals surface area contributed by atoms with Gasteiger partial charge in [0.05, 0.1) is 28.5 Å². The molecule has 1 aromatic carbocycles. The molecule has 3 aromatic heterocycles. The first kappa shape index (κ1) is 38.3. The van der Waals surface area contributed by atoms with Crippen LogP contribution in [0.1, 0.15) is 66.3 Å². The number of nitrogens with zero attached hydrogens (tertiary/aromatic N) is 4. The van der Waals surface area contributed by atoms with Gasteiger partial charge in [0.2, 0.25) is 0 Å². The number of amides is 4. The normalized spacial score (nSPS) is 11.3.